The van der Waals surface area contributed by atoms with Crippen molar-refractivity contribution < 1.29 is 14.1 Å². The molecule has 2 unspecified atom stereocenters. The van der Waals surface area contributed by atoms with Crippen LogP contribution in [0.15, 0.2) is 4.52 Å². The van der Waals surface area contributed by atoms with Crippen LogP contribution in [0.3, 0.4) is 0 Å². The fourth-order valence-corrected chi connectivity index (χ4v) is 2.37. The molecule has 1 aromatic heterocycles. The fourth-order valence-electron chi connectivity index (χ4n) is 2.37. The fraction of sp³-hybridized carbons (Fsp3) is 0.714. The van der Waals surface area contributed by atoms with E-state index in [4.69, 9.17) is 4.52 Å². The topological polar surface area (TPSA) is 88.3 Å². The summed E-state index contributed by atoms with van der Waals surface area (Å²) in [6, 6.07) is -0.436. The van der Waals surface area contributed by atoms with Gasteiger partial charge in [0.05, 0.1) is 0 Å². The third kappa shape index (κ3) is 3.80. The third-order valence-corrected chi connectivity index (χ3v) is 3.88. The first-order valence-corrected chi connectivity index (χ1v) is 7.38. The summed E-state index contributed by atoms with van der Waals surface area (Å²) in [6.45, 7) is 6.67. The van der Waals surface area contributed by atoms with E-state index >= 15 is 0 Å². The maximum Gasteiger partial charge on any atom is 0.245 e. The van der Waals surface area contributed by atoms with Gasteiger partial charge in [-0.25, -0.2) is 0 Å². The molecule has 1 saturated heterocycles. The number of hydrogen-bond donors (Lipinski definition) is 1. The molecule has 1 fully saturated rings. The standard InChI is InChI=1S/C14H22N4O3/c1-4-9(2)13-14(20)18(7-5-11(19)16-13)8-6-12-15-10(3)17-21-12/h9,13H,4-8H2,1-3H3,(H,16,19). The summed E-state index contributed by atoms with van der Waals surface area (Å²) in [4.78, 5) is 30.2. The molecule has 0 spiro atoms. The SMILES string of the molecule is CCC(C)C1NC(=O)CCN(CCc2nc(C)no2)C1=O. The predicted molar refractivity (Wildman–Crippen MR) is 75.3 cm³/mol. The Morgan fingerprint density at radius 3 is 2.86 bits per heavy atom. The van der Waals surface area contributed by atoms with Crippen molar-refractivity contribution in [1.29, 1.82) is 0 Å². The molecule has 116 valence electrons. The number of aryl methyl sites for hydroxylation is 1. The van der Waals surface area contributed by atoms with E-state index in [0.29, 0.717) is 37.6 Å². The van der Waals surface area contributed by atoms with Crippen LogP contribution in [0.2, 0.25) is 0 Å². The lowest BCUT2D eigenvalue weighted by atomic mass is 9.98. The van der Waals surface area contributed by atoms with Crippen LogP contribution in [0.25, 0.3) is 0 Å². The van der Waals surface area contributed by atoms with Crippen molar-refractivity contribution in [2.24, 2.45) is 5.92 Å². The van der Waals surface area contributed by atoms with Crippen LogP contribution in [-0.4, -0.2) is 46.0 Å². The Labute approximate surface area is 124 Å². The summed E-state index contributed by atoms with van der Waals surface area (Å²) in [7, 11) is 0. The monoisotopic (exact) mass is 294 g/mol. The lowest BCUT2D eigenvalue weighted by molar-refractivity contribution is -0.134. The number of rotatable bonds is 5. The Morgan fingerprint density at radius 2 is 2.24 bits per heavy atom. The summed E-state index contributed by atoms with van der Waals surface area (Å²) >= 11 is 0. The van der Waals surface area contributed by atoms with Gasteiger partial charge in [-0.15, -0.1) is 0 Å². The lowest BCUT2D eigenvalue weighted by Gasteiger charge is -2.26. The van der Waals surface area contributed by atoms with Gasteiger partial charge in [0.15, 0.2) is 5.82 Å². The van der Waals surface area contributed by atoms with Crippen LogP contribution in [0.1, 0.15) is 38.4 Å². The van der Waals surface area contributed by atoms with E-state index in [1.807, 2.05) is 13.8 Å². The number of aromatic nitrogens is 2. The minimum absolute atomic E-state index is 0.0218. The first kappa shape index (κ1) is 15.5. The van der Waals surface area contributed by atoms with Crippen molar-refractivity contribution >= 4 is 11.8 Å². The van der Waals surface area contributed by atoms with Gasteiger partial charge in [-0.1, -0.05) is 25.4 Å². The van der Waals surface area contributed by atoms with Gasteiger partial charge in [0.25, 0.3) is 0 Å². The molecule has 0 radical (unpaired) electrons. The molecule has 0 saturated carbocycles. The molecular weight excluding hydrogens is 272 g/mol. The Balaban J connectivity index is 2.03. The number of nitrogens with one attached hydrogen (secondary N) is 1. The summed E-state index contributed by atoms with van der Waals surface area (Å²) in [5.74, 6) is 1.13. The van der Waals surface area contributed by atoms with E-state index in [-0.39, 0.29) is 17.7 Å². The second-order valence-electron chi connectivity index (χ2n) is 5.49. The van der Waals surface area contributed by atoms with Crippen LogP contribution in [0.4, 0.5) is 0 Å². The van der Waals surface area contributed by atoms with Crippen LogP contribution in [0, 0.1) is 12.8 Å². The van der Waals surface area contributed by atoms with Gasteiger partial charge in [0, 0.05) is 25.9 Å². The van der Waals surface area contributed by atoms with E-state index in [1.165, 1.54) is 0 Å². The van der Waals surface area contributed by atoms with E-state index in [1.54, 1.807) is 11.8 Å². The second kappa shape index (κ2) is 6.69. The van der Waals surface area contributed by atoms with Gasteiger partial charge >= 0.3 is 0 Å². The highest BCUT2D eigenvalue weighted by molar-refractivity contribution is 5.90. The summed E-state index contributed by atoms with van der Waals surface area (Å²) in [6.07, 6.45) is 1.68. The summed E-state index contributed by atoms with van der Waals surface area (Å²) in [5, 5.41) is 6.56. The summed E-state index contributed by atoms with van der Waals surface area (Å²) < 4.78 is 5.06. The highest BCUT2D eigenvalue weighted by Gasteiger charge is 2.32. The molecule has 2 heterocycles. The number of amides is 2. The molecule has 0 aromatic carbocycles. The van der Waals surface area contributed by atoms with Gasteiger partial charge in [0.1, 0.15) is 6.04 Å². The van der Waals surface area contributed by atoms with Gasteiger partial charge in [-0.05, 0) is 12.8 Å². The Morgan fingerprint density at radius 1 is 1.48 bits per heavy atom. The maximum absolute atomic E-state index is 12.6. The number of carbonyl (C=O) groups excluding carboxylic acids is 2. The number of carbonyl (C=O) groups is 2. The van der Waals surface area contributed by atoms with Crippen molar-refractivity contribution in [3.63, 3.8) is 0 Å². The zero-order valence-corrected chi connectivity index (χ0v) is 12.8. The molecule has 2 rings (SSSR count). The molecule has 1 aliphatic rings. The Bertz CT molecular complexity index is 514. The van der Waals surface area contributed by atoms with Crippen molar-refractivity contribution in [3.05, 3.63) is 11.7 Å². The van der Waals surface area contributed by atoms with E-state index in [0.717, 1.165) is 6.42 Å². The molecule has 21 heavy (non-hydrogen) atoms. The van der Waals surface area contributed by atoms with Gasteiger partial charge in [-0.3, -0.25) is 9.59 Å². The minimum Gasteiger partial charge on any atom is -0.344 e. The van der Waals surface area contributed by atoms with Gasteiger partial charge < -0.3 is 14.7 Å². The Kier molecular flexibility index (Phi) is 4.93. The molecule has 1 aromatic rings. The molecule has 2 atom stereocenters. The minimum atomic E-state index is -0.436. The first-order chi connectivity index (χ1) is 10.0. The van der Waals surface area contributed by atoms with Gasteiger partial charge in [-0.2, -0.15) is 4.98 Å². The quantitative estimate of drug-likeness (QED) is 0.863. The largest absolute Gasteiger partial charge is 0.344 e. The normalized spacial score (nSPS) is 21.1. The van der Waals surface area contributed by atoms with Gasteiger partial charge in [0.2, 0.25) is 17.7 Å². The number of hydrogen-bond acceptors (Lipinski definition) is 5. The van der Waals surface area contributed by atoms with E-state index in [2.05, 4.69) is 15.5 Å². The lowest BCUT2D eigenvalue weighted by Crippen LogP contribution is -2.48. The number of nitrogens with zero attached hydrogens (tertiary/aromatic N) is 3. The maximum atomic E-state index is 12.6. The van der Waals surface area contributed by atoms with Crippen LogP contribution >= 0.6 is 0 Å². The second-order valence-corrected chi connectivity index (χ2v) is 5.49. The van der Waals surface area contributed by atoms with E-state index < -0.39 is 6.04 Å². The van der Waals surface area contributed by atoms with E-state index in [9.17, 15) is 9.59 Å². The summed E-state index contributed by atoms with van der Waals surface area (Å²) in [5.41, 5.74) is 0. The molecule has 0 aliphatic carbocycles. The molecule has 1 N–H and O–H groups in total. The molecule has 2 amide bonds. The van der Waals surface area contributed by atoms with Crippen molar-refractivity contribution in [2.75, 3.05) is 13.1 Å². The Hall–Kier alpha value is -1.92. The zero-order valence-electron chi connectivity index (χ0n) is 12.8. The molecule has 7 nitrogen and oxygen atoms in total. The first-order valence-electron chi connectivity index (χ1n) is 7.38. The van der Waals surface area contributed by atoms with Crippen LogP contribution in [0.5, 0.6) is 0 Å². The van der Waals surface area contributed by atoms with Crippen molar-refractivity contribution in [1.82, 2.24) is 20.4 Å². The smallest absolute Gasteiger partial charge is 0.245 e. The highest BCUT2D eigenvalue weighted by atomic mass is 16.5. The molecule has 1 aliphatic heterocycles. The average Bonchev–Trinajstić information content (AvgIpc) is 2.82. The van der Waals surface area contributed by atoms with Crippen LogP contribution < -0.4 is 5.32 Å². The van der Waals surface area contributed by atoms with Crippen molar-refractivity contribution in [2.45, 2.75) is 46.1 Å². The third-order valence-electron chi connectivity index (χ3n) is 3.88. The highest BCUT2D eigenvalue weighted by Crippen LogP contribution is 2.14. The molecule has 0 bridgehead atoms. The van der Waals surface area contributed by atoms with Crippen molar-refractivity contribution in [3.8, 4) is 0 Å². The average molecular weight is 294 g/mol. The zero-order chi connectivity index (χ0) is 15.4. The predicted octanol–water partition coefficient (Wildman–Crippen LogP) is 0.684. The molecule has 7 heteroatoms. The molecular formula is C14H22N4O3. The van der Waals surface area contributed by atoms with Crippen LogP contribution in [-0.2, 0) is 16.0 Å².